The van der Waals surface area contributed by atoms with Gasteiger partial charge in [-0.25, -0.2) is 4.39 Å². The Kier molecular flexibility index (Phi) is 3.48. The Morgan fingerprint density at radius 3 is 2.94 bits per heavy atom. The van der Waals surface area contributed by atoms with Gasteiger partial charge in [0, 0.05) is 12.6 Å². The molecule has 0 amide bonds. The summed E-state index contributed by atoms with van der Waals surface area (Å²) in [6.45, 7) is -0.187. The number of hydrogen-bond donors (Lipinski definition) is 2. The number of nitrogens with one attached hydrogen (secondary N) is 1. The number of rotatable bonds is 2. The number of aromatic amines is 1. The first-order chi connectivity index (χ1) is 7.61. The van der Waals surface area contributed by atoms with E-state index in [4.69, 9.17) is 34.3 Å². The van der Waals surface area contributed by atoms with Crippen molar-refractivity contribution in [2.24, 2.45) is 0 Å². The van der Waals surface area contributed by atoms with E-state index in [1.54, 1.807) is 12.3 Å². The Bertz CT molecular complexity index is 487. The number of halogens is 1. The summed E-state index contributed by atoms with van der Waals surface area (Å²) in [6.07, 6.45) is -0.647. The Morgan fingerprint density at radius 1 is 1.62 bits per heavy atom. The third kappa shape index (κ3) is 2.22. The van der Waals surface area contributed by atoms with Crippen molar-refractivity contribution in [3.63, 3.8) is 0 Å². The smallest absolute Gasteiger partial charge is 0.180 e. The Morgan fingerprint density at radius 2 is 2.38 bits per heavy atom. The summed E-state index contributed by atoms with van der Waals surface area (Å²) < 4.78 is 21.3. The van der Waals surface area contributed by atoms with Crippen molar-refractivity contribution in [3.05, 3.63) is 21.7 Å². The third-order valence-corrected chi connectivity index (χ3v) is 3.01. The van der Waals surface area contributed by atoms with Gasteiger partial charge in [-0.05, 0) is 18.3 Å². The van der Waals surface area contributed by atoms with Crippen molar-refractivity contribution < 1.29 is 14.2 Å². The number of aliphatic hydroxyl groups excluding tert-OH is 1. The third-order valence-electron chi connectivity index (χ3n) is 2.46. The van der Waals surface area contributed by atoms with E-state index < -0.39 is 18.5 Å². The molecule has 0 aromatic carbocycles. The quantitative estimate of drug-likeness (QED) is 0.799. The molecule has 1 aromatic rings. The van der Waals surface area contributed by atoms with Crippen LogP contribution in [0.5, 0.6) is 0 Å². The van der Waals surface area contributed by atoms with E-state index in [0.29, 0.717) is 9.41 Å². The highest BCUT2D eigenvalue weighted by Crippen LogP contribution is 2.30. The fraction of sp³-hybridized carbons (Fsp3) is 0.556. The zero-order valence-corrected chi connectivity index (χ0v) is 9.93. The van der Waals surface area contributed by atoms with Crippen LogP contribution in [0, 0.1) is 9.41 Å². The molecule has 1 aliphatic heterocycles. The number of nitrogens with zero attached hydrogens (tertiary/aromatic N) is 1. The van der Waals surface area contributed by atoms with Crippen molar-refractivity contribution >= 4 is 24.4 Å². The lowest BCUT2D eigenvalue weighted by molar-refractivity contribution is -0.0384. The number of hydrogen-bond acceptors (Lipinski definition) is 4. The Hall–Kier alpha value is -0.630. The number of aromatic nitrogens is 2. The normalized spacial score (nSPS) is 29.5. The molecule has 1 fully saturated rings. The summed E-state index contributed by atoms with van der Waals surface area (Å²) in [5, 5.41) is 8.91. The largest absolute Gasteiger partial charge is 0.394 e. The first-order valence-electron chi connectivity index (χ1n) is 4.83. The number of aliphatic hydroxyl groups is 1. The van der Waals surface area contributed by atoms with Crippen molar-refractivity contribution in [1.29, 1.82) is 0 Å². The highest BCUT2D eigenvalue weighted by Gasteiger charge is 2.36. The van der Waals surface area contributed by atoms with Gasteiger partial charge in [-0.1, -0.05) is 12.2 Å². The number of alkyl halides is 1. The molecular formula is C9H11FN2O2S2. The molecule has 4 nitrogen and oxygen atoms in total. The fourth-order valence-electron chi connectivity index (χ4n) is 1.69. The van der Waals surface area contributed by atoms with Crippen molar-refractivity contribution in [3.8, 4) is 0 Å². The molecule has 3 atom stereocenters. The van der Waals surface area contributed by atoms with Crippen LogP contribution in [0.1, 0.15) is 12.6 Å². The maximum Gasteiger partial charge on any atom is 0.180 e. The molecule has 2 heterocycles. The summed E-state index contributed by atoms with van der Waals surface area (Å²) in [7, 11) is 0. The maximum atomic E-state index is 13.6. The van der Waals surface area contributed by atoms with Gasteiger partial charge >= 0.3 is 0 Å². The van der Waals surface area contributed by atoms with Gasteiger partial charge in [0.2, 0.25) is 0 Å². The Labute approximate surface area is 102 Å². The highest BCUT2D eigenvalue weighted by molar-refractivity contribution is 7.72. The molecule has 1 aliphatic rings. The predicted octanol–water partition coefficient (Wildman–Crippen LogP) is 1.89. The average molecular weight is 262 g/mol. The van der Waals surface area contributed by atoms with E-state index in [1.807, 2.05) is 0 Å². The first kappa shape index (κ1) is 11.8. The number of ether oxygens (including phenoxy) is 1. The highest BCUT2D eigenvalue weighted by atomic mass is 32.1. The minimum Gasteiger partial charge on any atom is -0.394 e. The second kappa shape index (κ2) is 4.70. The molecule has 0 aliphatic carbocycles. The van der Waals surface area contributed by atoms with E-state index in [1.165, 1.54) is 4.57 Å². The lowest BCUT2D eigenvalue weighted by Gasteiger charge is -2.16. The minimum atomic E-state index is -1.17. The zero-order valence-electron chi connectivity index (χ0n) is 8.30. The summed E-state index contributed by atoms with van der Waals surface area (Å²) in [4.78, 5) is 2.75. The number of H-pyrrole nitrogens is 1. The van der Waals surface area contributed by atoms with Crippen molar-refractivity contribution in [1.82, 2.24) is 9.55 Å². The molecule has 0 radical (unpaired) electrons. The molecule has 1 saturated heterocycles. The van der Waals surface area contributed by atoms with Crippen LogP contribution in [-0.4, -0.2) is 33.5 Å². The van der Waals surface area contributed by atoms with Gasteiger partial charge in [0.15, 0.2) is 11.0 Å². The van der Waals surface area contributed by atoms with Crippen molar-refractivity contribution in [2.45, 2.75) is 24.9 Å². The monoisotopic (exact) mass is 262 g/mol. The molecule has 1 aromatic heterocycles. The van der Waals surface area contributed by atoms with Gasteiger partial charge in [-0.3, -0.25) is 4.57 Å². The van der Waals surface area contributed by atoms with Crippen LogP contribution in [0.25, 0.3) is 0 Å². The standard InChI is InChI=1S/C9H11FN2O2S2/c10-6-3-5(4-13)14-8(6)12-2-1-7(15)11-9(12)16/h1-2,5-6,8,13H,3-4H2,(H,11,15,16)/t5-,6?,8+/m0/s1. The van der Waals surface area contributed by atoms with Crippen LogP contribution in [0.15, 0.2) is 12.3 Å². The summed E-state index contributed by atoms with van der Waals surface area (Å²) >= 11 is 9.93. The van der Waals surface area contributed by atoms with Crippen LogP contribution >= 0.6 is 24.4 Å². The van der Waals surface area contributed by atoms with Crippen LogP contribution in [0.2, 0.25) is 0 Å². The summed E-state index contributed by atoms with van der Waals surface area (Å²) in [5.74, 6) is 0. The lowest BCUT2D eigenvalue weighted by Crippen LogP contribution is -2.18. The zero-order chi connectivity index (χ0) is 11.7. The molecule has 1 unspecified atom stereocenters. The molecule has 2 rings (SSSR count). The second-order valence-corrected chi connectivity index (χ2v) is 4.43. The van der Waals surface area contributed by atoms with Gasteiger partial charge in [-0.15, -0.1) is 0 Å². The van der Waals surface area contributed by atoms with E-state index in [-0.39, 0.29) is 13.0 Å². The van der Waals surface area contributed by atoms with Gasteiger partial charge in [0.05, 0.1) is 12.7 Å². The lowest BCUT2D eigenvalue weighted by atomic mass is 10.2. The van der Waals surface area contributed by atoms with E-state index in [9.17, 15) is 4.39 Å². The fourth-order valence-corrected chi connectivity index (χ4v) is 2.19. The SMILES string of the molecule is OC[C@@H]1CC(F)[C@H](n2ccc(=S)[nH]c2=S)O1. The molecule has 0 saturated carbocycles. The topological polar surface area (TPSA) is 50.2 Å². The summed E-state index contributed by atoms with van der Waals surface area (Å²) in [5.41, 5.74) is 0. The predicted molar refractivity (Wildman–Crippen MR) is 61.0 cm³/mol. The Balaban J connectivity index is 2.31. The van der Waals surface area contributed by atoms with Crippen LogP contribution in [0.3, 0.4) is 0 Å². The van der Waals surface area contributed by atoms with Crippen LogP contribution in [0.4, 0.5) is 4.39 Å². The van der Waals surface area contributed by atoms with Gasteiger partial charge in [0.25, 0.3) is 0 Å². The van der Waals surface area contributed by atoms with E-state index >= 15 is 0 Å². The van der Waals surface area contributed by atoms with Gasteiger partial charge in [0.1, 0.15) is 10.8 Å². The van der Waals surface area contributed by atoms with Gasteiger partial charge in [-0.2, -0.15) is 0 Å². The molecule has 16 heavy (non-hydrogen) atoms. The molecule has 0 spiro atoms. The van der Waals surface area contributed by atoms with E-state index in [0.717, 1.165) is 0 Å². The second-order valence-electron chi connectivity index (χ2n) is 3.60. The average Bonchev–Trinajstić information content (AvgIpc) is 2.60. The van der Waals surface area contributed by atoms with E-state index in [2.05, 4.69) is 4.98 Å². The minimum absolute atomic E-state index is 0.179. The maximum absolute atomic E-state index is 13.6. The van der Waals surface area contributed by atoms with Gasteiger partial charge < -0.3 is 14.8 Å². The molecule has 7 heteroatoms. The van der Waals surface area contributed by atoms with Crippen molar-refractivity contribution in [2.75, 3.05) is 6.61 Å². The van der Waals surface area contributed by atoms with Crippen LogP contribution < -0.4 is 0 Å². The van der Waals surface area contributed by atoms with Crippen LogP contribution in [-0.2, 0) is 4.74 Å². The summed E-state index contributed by atoms with van der Waals surface area (Å²) in [6, 6.07) is 1.62. The molecule has 88 valence electrons. The molecular weight excluding hydrogens is 251 g/mol. The first-order valence-corrected chi connectivity index (χ1v) is 5.65. The molecule has 0 bridgehead atoms. The molecule has 2 N–H and O–H groups in total.